The van der Waals surface area contributed by atoms with Gasteiger partial charge in [0.2, 0.25) is 0 Å². The Balaban J connectivity index is 0.00000420. The summed E-state index contributed by atoms with van der Waals surface area (Å²) in [5.41, 5.74) is 2.28. The predicted octanol–water partition coefficient (Wildman–Crippen LogP) is 3.51. The van der Waals surface area contributed by atoms with Gasteiger partial charge in [-0.1, -0.05) is 24.3 Å². The van der Waals surface area contributed by atoms with Crippen molar-refractivity contribution in [3.8, 4) is 11.5 Å². The third kappa shape index (κ3) is 9.85. The standard InChI is InChI=1S/C22H32N4O2.HI/c1-5-23-22(24-16-18-9-11-20(27-4)12-10-18)25-17-19-7-6-8-21(15-19)28-14-13-26(2)3;/h6-12,15H,5,13-14,16-17H2,1-4H3,(H2,23,24,25);1H. The Morgan fingerprint density at radius 3 is 2.41 bits per heavy atom. The minimum atomic E-state index is 0. The lowest BCUT2D eigenvalue weighted by Crippen LogP contribution is -2.36. The molecule has 0 fully saturated rings. The first kappa shape index (κ1) is 25.0. The Morgan fingerprint density at radius 1 is 1.00 bits per heavy atom. The number of aliphatic imine (C=N–C) groups is 1. The summed E-state index contributed by atoms with van der Waals surface area (Å²) in [6.45, 7) is 5.71. The number of benzene rings is 2. The number of nitrogens with zero attached hydrogens (tertiary/aromatic N) is 2. The van der Waals surface area contributed by atoms with Crippen LogP contribution in [0.15, 0.2) is 53.5 Å². The molecule has 0 atom stereocenters. The second-order valence-electron chi connectivity index (χ2n) is 6.70. The molecule has 6 nitrogen and oxygen atoms in total. The van der Waals surface area contributed by atoms with E-state index in [1.807, 2.05) is 56.6 Å². The minimum Gasteiger partial charge on any atom is -0.497 e. The van der Waals surface area contributed by atoms with Crippen molar-refractivity contribution in [3.05, 3.63) is 59.7 Å². The molecule has 0 spiro atoms. The van der Waals surface area contributed by atoms with Crippen LogP contribution in [0.4, 0.5) is 0 Å². The fraction of sp³-hybridized carbons (Fsp3) is 0.409. The molecule has 0 aromatic heterocycles. The van der Waals surface area contributed by atoms with Crippen molar-refractivity contribution in [3.63, 3.8) is 0 Å². The highest BCUT2D eigenvalue weighted by atomic mass is 127. The van der Waals surface area contributed by atoms with E-state index < -0.39 is 0 Å². The Kier molecular flexibility index (Phi) is 12.1. The zero-order valence-electron chi connectivity index (χ0n) is 17.8. The van der Waals surface area contributed by atoms with E-state index in [0.717, 1.165) is 36.1 Å². The summed E-state index contributed by atoms with van der Waals surface area (Å²) >= 11 is 0. The zero-order valence-corrected chi connectivity index (χ0v) is 20.1. The smallest absolute Gasteiger partial charge is 0.191 e. The Morgan fingerprint density at radius 2 is 1.76 bits per heavy atom. The third-order valence-corrected chi connectivity index (χ3v) is 4.09. The third-order valence-electron chi connectivity index (χ3n) is 4.09. The molecule has 0 radical (unpaired) electrons. The average molecular weight is 512 g/mol. The van der Waals surface area contributed by atoms with Gasteiger partial charge in [-0.05, 0) is 56.4 Å². The van der Waals surface area contributed by atoms with Gasteiger partial charge in [0, 0.05) is 19.6 Å². The molecule has 2 N–H and O–H groups in total. The largest absolute Gasteiger partial charge is 0.497 e. The summed E-state index contributed by atoms with van der Waals surface area (Å²) in [5.74, 6) is 2.53. The molecule has 0 aliphatic heterocycles. The van der Waals surface area contributed by atoms with Crippen molar-refractivity contribution >= 4 is 29.9 Å². The molecule has 160 valence electrons. The lowest BCUT2D eigenvalue weighted by molar-refractivity contribution is 0.261. The van der Waals surface area contributed by atoms with Crippen LogP contribution >= 0.6 is 24.0 Å². The number of methoxy groups -OCH3 is 1. The molecule has 0 saturated carbocycles. The Hall–Kier alpha value is -2.00. The number of nitrogens with one attached hydrogen (secondary N) is 2. The maximum atomic E-state index is 5.80. The van der Waals surface area contributed by atoms with Gasteiger partial charge in [-0.25, -0.2) is 4.99 Å². The van der Waals surface area contributed by atoms with Crippen molar-refractivity contribution in [2.24, 2.45) is 4.99 Å². The Labute approximate surface area is 191 Å². The summed E-state index contributed by atoms with van der Waals surface area (Å²) < 4.78 is 11.0. The van der Waals surface area contributed by atoms with Crippen LogP contribution in [-0.4, -0.2) is 51.8 Å². The van der Waals surface area contributed by atoms with Crippen LogP contribution in [0, 0.1) is 0 Å². The SMILES string of the molecule is CCNC(=NCc1cccc(OCCN(C)C)c1)NCc1ccc(OC)cc1.I. The number of likely N-dealkylation sites (N-methyl/N-ethyl adjacent to an activating group) is 1. The highest BCUT2D eigenvalue weighted by Gasteiger charge is 2.01. The van der Waals surface area contributed by atoms with Gasteiger partial charge in [0.1, 0.15) is 18.1 Å². The van der Waals surface area contributed by atoms with E-state index in [1.165, 1.54) is 5.56 Å². The monoisotopic (exact) mass is 512 g/mol. The molecule has 0 bridgehead atoms. The second kappa shape index (κ2) is 14.1. The summed E-state index contributed by atoms with van der Waals surface area (Å²) in [4.78, 5) is 6.79. The van der Waals surface area contributed by atoms with Crippen molar-refractivity contribution < 1.29 is 9.47 Å². The molecule has 0 saturated heterocycles. The fourth-order valence-corrected chi connectivity index (χ4v) is 2.52. The summed E-state index contributed by atoms with van der Waals surface area (Å²) in [6, 6.07) is 16.1. The van der Waals surface area contributed by atoms with Crippen LogP contribution in [-0.2, 0) is 13.1 Å². The van der Waals surface area contributed by atoms with Gasteiger partial charge in [0.15, 0.2) is 5.96 Å². The number of hydrogen-bond donors (Lipinski definition) is 2. The zero-order chi connectivity index (χ0) is 20.2. The maximum Gasteiger partial charge on any atom is 0.191 e. The minimum absolute atomic E-state index is 0. The first-order valence-electron chi connectivity index (χ1n) is 9.62. The quantitative estimate of drug-likeness (QED) is 0.290. The van der Waals surface area contributed by atoms with Crippen LogP contribution < -0.4 is 20.1 Å². The number of rotatable bonds is 10. The molecule has 2 rings (SSSR count). The van der Waals surface area contributed by atoms with Gasteiger partial charge in [0.05, 0.1) is 13.7 Å². The fourth-order valence-electron chi connectivity index (χ4n) is 2.52. The molecule has 7 heteroatoms. The molecule has 0 unspecified atom stereocenters. The summed E-state index contributed by atoms with van der Waals surface area (Å²) in [5, 5.41) is 6.65. The van der Waals surface area contributed by atoms with Crippen LogP contribution in [0.2, 0.25) is 0 Å². The van der Waals surface area contributed by atoms with Crippen molar-refractivity contribution in [1.82, 2.24) is 15.5 Å². The normalized spacial score (nSPS) is 11.0. The molecule has 0 aliphatic rings. The van der Waals surface area contributed by atoms with Gasteiger partial charge in [-0.2, -0.15) is 0 Å². The van der Waals surface area contributed by atoms with E-state index >= 15 is 0 Å². The topological polar surface area (TPSA) is 58.1 Å². The predicted molar refractivity (Wildman–Crippen MR) is 131 cm³/mol. The van der Waals surface area contributed by atoms with Gasteiger partial charge in [0.25, 0.3) is 0 Å². The molecule has 0 aliphatic carbocycles. The van der Waals surface area contributed by atoms with Crippen LogP contribution in [0.3, 0.4) is 0 Å². The number of hydrogen-bond acceptors (Lipinski definition) is 4. The van der Waals surface area contributed by atoms with Crippen molar-refractivity contribution in [2.75, 3.05) is 40.9 Å². The van der Waals surface area contributed by atoms with E-state index in [2.05, 4.69) is 33.5 Å². The molecule has 0 amide bonds. The van der Waals surface area contributed by atoms with E-state index in [4.69, 9.17) is 9.47 Å². The van der Waals surface area contributed by atoms with Gasteiger partial charge in [-0.3, -0.25) is 0 Å². The summed E-state index contributed by atoms with van der Waals surface area (Å²) in [6.07, 6.45) is 0. The van der Waals surface area contributed by atoms with E-state index in [-0.39, 0.29) is 24.0 Å². The van der Waals surface area contributed by atoms with E-state index in [1.54, 1.807) is 7.11 Å². The van der Waals surface area contributed by atoms with Crippen LogP contribution in [0.1, 0.15) is 18.1 Å². The highest BCUT2D eigenvalue weighted by molar-refractivity contribution is 14.0. The van der Waals surface area contributed by atoms with Gasteiger partial charge >= 0.3 is 0 Å². The van der Waals surface area contributed by atoms with E-state index in [9.17, 15) is 0 Å². The first-order chi connectivity index (χ1) is 13.6. The Bertz CT molecular complexity index is 736. The molecule has 0 heterocycles. The maximum absolute atomic E-state index is 5.80. The van der Waals surface area contributed by atoms with Gasteiger partial charge in [-0.15, -0.1) is 24.0 Å². The molecule has 29 heavy (non-hydrogen) atoms. The van der Waals surface area contributed by atoms with E-state index in [0.29, 0.717) is 19.7 Å². The molecular weight excluding hydrogens is 479 g/mol. The summed E-state index contributed by atoms with van der Waals surface area (Å²) in [7, 11) is 5.75. The second-order valence-corrected chi connectivity index (χ2v) is 6.70. The number of halogens is 1. The average Bonchev–Trinajstić information content (AvgIpc) is 2.70. The van der Waals surface area contributed by atoms with Crippen LogP contribution in [0.5, 0.6) is 11.5 Å². The highest BCUT2D eigenvalue weighted by Crippen LogP contribution is 2.14. The molecular formula is C22H33IN4O2. The number of guanidine groups is 1. The van der Waals surface area contributed by atoms with Crippen LogP contribution in [0.25, 0.3) is 0 Å². The first-order valence-corrected chi connectivity index (χ1v) is 9.62. The van der Waals surface area contributed by atoms with Crippen molar-refractivity contribution in [2.45, 2.75) is 20.0 Å². The van der Waals surface area contributed by atoms with Gasteiger partial charge < -0.3 is 25.0 Å². The van der Waals surface area contributed by atoms with Crippen molar-refractivity contribution in [1.29, 1.82) is 0 Å². The molecule has 2 aromatic rings. The number of ether oxygens (including phenoxy) is 2. The molecule has 2 aromatic carbocycles. The lowest BCUT2D eigenvalue weighted by atomic mass is 10.2. The lowest BCUT2D eigenvalue weighted by Gasteiger charge is -2.13.